The van der Waals surface area contributed by atoms with Crippen LogP contribution < -0.4 is 4.72 Å². The molecule has 2 aliphatic carbocycles. The molecule has 1 aromatic rings. The molecule has 19 heavy (non-hydrogen) atoms. The zero-order chi connectivity index (χ0) is 13.6. The number of nitrogens with one attached hydrogen (secondary N) is 1. The fraction of sp³-hybridized carbons (Fsp3) is 0.692. The van der Waals surface area contributed by atoms with Gasteiger partial charge in [-0.1, -0.05) is 0 Å². The minimum atomic E-state index is -3.46. The molecular weight excluding hydrogens is 264 g/mol. The molecule has 2 fully saturated rings. The fourth-order valence-electron chi connectivity index (χ4n) is 2.62. The highest BCUT2D eigenvalue weighted by Gasteiger charge is 2.43. The van der Waals surface area contributed by atoms with Gasteiger partial charge in [-0.15, -0.1) is 0 Å². The molecule has 1 aromatic heterocycles. The SMILES string of the molecule is Cn1cc(S(=O)(=O)NC(C2CC2)C2CC2)cc1CO. The molecule has 6 heteroatoms. The minimum absolute atomic E-state index is 0.114. The molecule has 0 atom stereocenters. The molecule has 0 spiro atoms. The number of hydrogen-bond acceptors (Lipinski definition) is 3. The van der Waals surface area contributed by atoms with Crippen LogP contribution in [0.25, 0.3) is 0 Å². The van der Waals surface area contributed by atoms with E-state index in [4.69, 9.17) is 5.11 Å². The van der Waals surface area contributed by atoms with Gasteiger partial charge in [0.2, 0.25) is 10.0 Å². The van der Waals surface area contributed by atoms with Gasteiger partial charge < -0.3 is 9.67 Å². The second-order valence-electron chi connectivity index (χ2n) is 5.76. The van der Waals surface area contributed by atoms with Crippen LogP contribution in [0.15, 0.2) is 17.2 Å². The van der Waals surface area contributed by atoms with Crippen LogP contribution >= 0.6 is 0 Å². The van der Waals surface area contributed by atoms with E-state index in [-0.39, 0.29) is 17.5 Å². The van der Waals surface area contributed by atoms with Crippen LogP contribution in [0.1, 0.15) is 31.4 Å². The van der Waals surface area contributed by atoms with Crippen molar-refractivity contribution in [1.82, 2.24) is 9.29 Å². The first-order valence-corrected chi connectivity index (χ1v) is 8.28. The maximum atomic E-state index is 12.4. The zero-order valence-corrected chi connectivity index (χ0v) is 11.9. The van der Waals surface area contributed by atoms with Crippen LogP contribution in [0.5, 0.6) is 0 Å². The van der Waals surface area contributed by atoms with Crippen molar-refractivity contribution in [1.29, 1.82) is 0 Å². The Bertz CT molecular complexity index is 559. The van der Waals surface area contributed by atoms with E-state index in [2.05, 4.69) is 4.72 Å². The molecule has 0 aliphatic heterocycles. The van der Waals surface area contributed by atoms with Crippen molar-refractivity contribution in [2.45, 2.75) is 43.2 Å². The van der Waals surface area contributed by atoms with E-state index >= 15 is 0 Å². The van der Waals surface area contributed by atoms with Crippen molar-refractivity contribution >= 4 is 10.0 Å². The lowest BCUT2D eigenvalue weighted by Gasteiger charge is -2.17. The van der Waals surface area contributed by atoms with Crippen molar-refractivity contribution in [3.8, 4) is 0 Å². The summed E-state index contributed by atoms with van der Waals surface area (Å²) >= 11 is 0. The van der Waals surface area contributed by atoms with Crippen molar-refractivity contribution in [3.05, 3.63) is 18.0 Å². The van der Waals surface area contributed by atoms with E-state index in [1.54, 1.807) is 23.9 Å². The summed E-state index contributed by atoms with van der Waals surface area (Å²) in [6.45, 7) is -0.152. The molecule has 2 saturated carbocycles. The molecule has 2 N–H and O–H groups in total. The molecule has 0 bridgehead atoms. The lowest BCUT2D eigenvalue weighted by atomic mass is 10.1. The summed E-state index contributed by atoms with van der Waals surface area (Å²) in [6, 6.07) is 1.65. The Labute approximate surface area is 113 Å². The van der Waals surface area contributed by atoms with Crippen molar-refractivity contribution in [2.75, 3.05) is 0 Å². The van der Waals surface area contributed by atoms with Crippen LogP contribution in [0.4, 0.5) is 0 Å². The molecule has 5 nitrogen and oxygen atoms in total. The van der Waals surface area contributed by atoms with Crippen LogP contribution in [-0.4, -0.2) is 24.1 Å². The number of aliphatic hydroxyl groups is 1. The summed E-state index contributed by atoms with van der Waals surface area (Å²) in [6.07, 6.45) is 6.12. The lowest BCUT2D eigenvalue weighted by molar-refractivity contribution is 0.272. The van der Waals surface area contributed by atoms with Crippen LogP contribution in [0, 0.1) is 11.8 Å². The fourth-order valence-corrected chi connectivity index (χ4v) is 4.08. The van der Waals surface area contributed by atoms with Crippen LogP contribution in [0.3, 0.4) is 0 Å². The number of aromatic nitrogens is 1. The van der Waals surface area contributed by atoms with Crippen molar-refractivity contribution in [2.24, 2.45) is 18.9 Å². The molecule has 0 saturated heterocycles. The van der Waals surface area contributed by atoms with E-state index in [0.717, 1.165) is 25.7 Å². The smallest absolute Gasteiger partial charge is 0.242 e. The maximum absolute atomic E-state index is 12.4. The van der Waals surface area contributed by atoms with Crippen LogP contribution in [0.2, 0.25) is 0 Å². The number of hydrogen-bond donors (Lipinski definition) is 2. The van der Waals surface area contributed by atoms with Gasteiger partial charge in [-0.3, -0.25) is 0 Å². The van der Waals surface area contributed by atoms with E-state index in [9.17, 15) is 8.42 Å². The number of rotatable bonds is 6. The summed E-state index contributed by atoms with van der Waals surface area (Å²) < 4.78 is 29.3. The van der Waals surface area contributed by atoms with Crippen LogP contribution in [-0.2, 0) is 23.7 Å². The quantitative estimate of drug-likeness (QED) is 0.818. The third kappa shape index (κ3) is 2.70. The molecule has 1 heterocycles. The Kier molecular flexibility index (Phi) is 3.19. The van der Waals surface area contributed by atoms with Gasteiger partial charge in [0.1, 0.15) is 0 Å². The third-order valence-electron chi connectivity index (χ3n) is 4.11. The van der Waals surface area contributed by atoms with Crippen molar-refractivity contribution in [3.63, 3.8) is 0 Å². The summed E-state index contributed by atoms with van der Waals surface area (Å²) in [5.41, 5.74) is 0.606. The summed E-state index contributed by atoms with van der Waals surface area (Å²) in [7, 11) is -1.72. The topological polar surface area (TPSA) is 71.3 Å². The molecule has 2 aliphatic rings. The van der Waals surface area contributed by atoms with Gasteiger partial charge in [-0.05, 0) is 43.6 Å². The zero-order valence-electron chi connectivity index (χ0n) is 11.0. The first-order valence-electron chi connectivity index (χ1n) is 6.79. The highest BCUT2D eigenvalue weighted by Crippen LogP contribution is 2.45. The molecule has 0 amide bonds. The predicted molar refractivity (Wildman–Crippen MR) is 70.9 cm³/mol. The monoisotopic (exact) mass is 284 g/mol. The molecule has 0 unspecified atom stereocenters. The summed E-state index contributed by atoms with van der Waals surface area (Å²) in [5, 5.41) is 9.14. The Morgan fingerprint density at radius 1 is 1.37 bits per heavy atom. The number of aliphatic hydroxyl groups excluding tert-OH is 1. The Morgan fingerprint density at radius 2 is 1.95 bits per heavy atom. The molecule has 0 aromatic carbocycles. The standard InChI is InChI=1S/C13H20N2O3S/c1-15-7-12(6-11(15)8-16)19(17,18)14-13(9-2-3-9)10-4-5-10/h6-7,9-10,13-14,16H,2-5,8H2,1H3. The van der Waals surface area contributed by atoms with Gasteiger partial charge in [-0.2, -0.15) is 0 Å². The minimum Gasteiger partial charge on any atom is -0.390 e. The Balaban J connectivity index is 1.80. The van der Waals surface area contributed by atoms with E-state index in [1.165, 1.54) is 0 Å². The largest absolute Gasteiger partial charge is 0.390 e. The third-order valence-corrected chi connectivity index (χ3v) is 5.53. The van der Waals surface area contributed by atoms with Gasteiger partial charge in [0.25, 0.3) is 0 Å². The summed E-state index contributed by atoms with van der Waals surface area (Å²) in [5.74, 6) is 1.06. The van der Waals surface area contributed by atoms with Gasteiger partial charge in [-0.25, -0.2) is 13.1 Å². The first-order chi connectivity index (χ1) is 9.01. The predicted octanol–water partition coefficient (Wildman–Crippen LogP) is 0.984. The van der Waals surface area contributed by atoms with Crippen molar-refractivity contribution < 1.29 is 13.5 Å². The molecule has 0 radical (unpaired) electrons. The second-order valence-corrected chi connectivity index (χ2v) is 7.47. The normalized spacial score (nSPS) is 20.2. The average Bonchev–Trinajstić information content (AvgIpc) is 3.24. The number of nitrogens with zero attached hydrogens (tertiary/aromatic N) is 1. The second kappa shape index (κ2) is 4.61. The van der Waals surface area contributed by atoms with Gasteiger partial charge in [0.15, 0.2) is 0 Å². The number of aryl methyl sites for hydroxylation is 1. The van der Waals surface area contributed by atoms with E-state index < -0.39 is 10.0 Å². The Morgan fingerprint density at radius 3 is 2.37 bits per heavy atom. The molecular formula is C13H20N2O3S. The summed E-state index contributed by atoms with van der Waals surface area (Å²) in [4.78, 5) is 0.255. The van der Waals surface area contributed by atoms with E-state index in [0.29, 0.717) is 17.5 Å². The lowest BCUT2D eigenvalue weighted by Crippen LogP contribution is -2.37. The van der Waals surface area contributed by atoms with E-state index in [1.807, 2.05) is 0 Å². The van der Waals surface area contributed by atoms with Gasteiger partial charge in [0, 0.05) is 25.0 Å². The molecule has 3 rings (SSSR count). The average molecular weight is 284 g/mol. The number of sulfonamides is 1. The highest BCUT2D eigenvalue weighted by molar-refractivity contribution is 7.89. The maximum Gasteiger partial charge on any atom is 0.242 e. The molecule has 106 valence electrons. The Hall–Kier alpha value is -0.850. The van der Waals surface area contributed by atoms with Gasteiger partial charge >= 0.3 is 0 Å². The first kappa shape index (κ1) is 13.1. The highest BCUT2D eigenvalue weighted by atomic mass is 32.2. The van der Waals surface area contributed by atoms with Gasteiger partial charge in [0.05, 0.1) is 11.5 Å².